The monoisotopic (exact) mass is 1310 g/mol. The predicted octanol–water partition coefficient (Wildman–Crippen LogP) is 20.0. The van der Waals surface area contributed by atoms with E-state index in [4.69, 9.17) is 37.0 Å². The molecule has 0 rings (SSSR count). The maximum Gasteiger partial charge on any atom is 0.472 e. The number of unbranched alkanes of at least 4 members (excludes halogenated alkanes) is 39. The van der Waals surface area contributed by atoms with E-state index in [1.807, 2.05) is 0 Å². The molecule has 5 atom stereocenters. The molecule has 0 heterocycles. The first kappa shape index (κ1) is 87.1. The Morgan fingerprint density at radius 3 is 0.764 bits per heavy atom. The van der Waals surface area contributed by atoms with Gasteiger partial charge in [-0.1, -0.05) is 305 Å². The lowest BCUT2D eigenvalue weighted by molar-refractivity contribution is -0.161. The van der Waals surface area contributed by atoms with E-state index in [2.05, 4.69) is 41.5 Å². The molecule has 0 aromatic rings. The Morgan fingerprint density at radius 2 is 0.517 bits per heavy atom. The minimum atomic E-state index is -4.95. The predicted molar refractivity (Wildman–Crippen MR) is 358 cm³/mol. The van der Waals surface area contributed by atoms with Gasteiger partial charge in [-0.05, 0) is 37.5 Å². The van der Waals surface area contributed by atoms with Gasteiger partial charge in [-0.2, -0.15) is 0 Å². The van der Waals surface area contributed by atoms with Crippen LogP contribution in [0.15, 0.2) is 0 Å². The number of esters is 4. The summed E-state index contributed by atoms with van der Waals surface area (Å²) < 4.78 is 68.2. The number of aliphatic hydroxyl groups is 1. The summed E-state index contributed by atoms with van der Waals surface area (Å²) in [6, 6.07) is 0. The molecule has 0 aliphatic rings. The van der Waals surface area contributed by atoms with Gasteiger partial charge in [0, 0.05) is 25.7 Å². The summed E-state index contributed by atoms with van der Waals surface area (Å²) in [5, 5.41) is 10.6. The van der Waals surface area contributed by atoms with E-state index in [1.165, 1.54) is 167 Å². The normalized spacial score (nSPS) is 14.1. The van der Waals surface area contributed by atoms with Crippen molar-refractivity contribution < 1.29 is 80.2 Å². The molecule has 19 heteroatoms. The molecular weight excluding hydrogens is 1170 g/mol. The second kappa shape index (κ2) is 62.2. The smallest absolute Gasteiger partial charge is 0.462 e. The van der Waals surface area contributed by atoms with Crippen LogP contribution in [0.1, 0.15) is 356 Å². The molecule has 0 fully saturated rings. The Bertz CT molecular complexity index is 1730. The van der Waals surface area contributed by atoms with E-state index < -0.39 is 97.5 Å². The van der Waals surface area contributed by atoms with E-state index in [0.29, 0.717) is 37.5 Å². The SMILES string of the molecule is CCCCCCCCCCCCCCCCCCC(=O)O[C@H](COC(=O)CCCCCCCCCCCCCCCC)COP(=O)(O)OC[C@@H](O)COP(=O)(O)OC[C@@H](COC(=O)CCCCCCCCC(C)C)OC(=O)CCCCCCCCCC(C)C. The zero-order valence-corrected chi connectivity index (χ0v) is 59.5. The molecular formula is C70H136O17P2. The van der Waals surface area contributed by atoms with Gasteiger partial charge < -0.3 is 33.8 Å². The number of aliphatic hydroxyl groups excluding tert-OH is 1. The van der Waals surface area contributed by atoms with Crippen LogP contribution in [0.4, 0.5) is 0 Å². The fourth-order valence-corrected chi connectivity index (χ4v) is 12.2. The quantitative estimate of drug-likeness (QED) is 0.0222. The van der Waals surface area contributed by atoms with Crippen molar-refractivity contribution in [2.75, 3.05) is 39.6 Å². The Balaban J connectivity index is 5.23. The summed E-state index contributed by atoms with van der Waals surface area (Å²) in [6.07, 6.45) is 47.4. The fraction of sp³-hybridized carbons (Fsp3) is 0.943. The molecule has 17 nitrogen and oxygen atoms in total. The van der Waals surface area contributed by atoms with E-state index in [-0.39, 0.29) is 25.7 Å². The Labute approximate surface area is 543 Å². The van der Waals surface area contributed by atoms with Crippen LogP contribution < -0.4 is 0 Å². The molecule has 0 saturated carbocycles. The van der Waals surface area contributed by atoms with Gasteiger partial charge in [0.15, 0.2) is 12.2 Å². The first-order chi connectivity index (χ1) is 42.9. The summed E-state index contributed by atoms with van der Waals surface area (Å²) in [5.74, 6) is -0.752. The molecule has 2 unspecified atom stereocenters. The standard InChI is InChI=1S/C70H136O17P2/c1-7-9-11-13-15-17-19-21-23-24-26-28-30-34-42-48-54-69(74)86-65(58-80-67(72)52-46-40-33-29-27-25-22-20-18-16-14-12-10-8-2)60-84-88(76,77)82-56-64(71)57-83-89(78,79)85-61-66(59-81-68(73)53-47-41-37-36-39-45-51-63(5)6)87-70(75)55-49-43-35-31-32-38-44-50-62(3)4/h62-66,71H,7-61H2,1-6H3,(H,76,77)(H,78,79)/t64-,65-,66-/m1/s1. The number of rotatable bonds is 69. The summed E-state index contributed by atoms with van der Waals surface area (Å²) in [4.78, 5) is 72.5. The van der Waals surface area contributed by atoms with Crippen LogP contribution in [0.2, 0.25) is 0 Å². The third-order valence-electron chi connectivity index (χ3n) is 16.2. The molecule has 0 spiro atoms. The zero-order valence-electron chi connectivity index (χ0n) is 57.7. The van der Waals surface area contributed by atoms with Gasteiger partial charge >= 0.3 is 39.5 Å². The Hall–Kier alpha value is -1.94. The van der Waals surface area contributed by atoms with E-state index >= 15 is 0 Å². The first-order valence-corrected chi connectivity index (χ1v) is 39.5. The summed E-state index contributed by atoms with van der Waals surface area (Å²) in [6.45, 7) is 9.40. The second-order valence-electron chi connectivity index (χ2n) is 26.2. The molecule has 0 bridgehead atoms. The summed E-state index contributed by atoms with van der Waals surface area (Å²) >= 11 is 0. The average Bonchev–Trinajstić information content (AvgIpc) is 3.69. The maximum atomic E-state index is 13.0. The lowest BCUT2D eigenvalue weighted by Gasteiger charge is -2.21. The molecule has 0 amide bonds. The lowest BCUT2D eigenvalue weighted by Crippen LogP contribution is -2.30. The molecule has 0 aromatic carbocycles. The fourth-order valence-electron chi connectivity index (χ4n) is 10.6. The van der Waals surface area contributed by atoms with Crippen molar-refractivity contribution in [1.29, 1.82) is 0 Å². The van der Waals surface area contributed by atoms with E-state index in [9.17, 15) is 43.2 Å². The van der Waals surface area contributed by atoms with Gasteiger partial charge in [-0.25, -0.2) is 9.13 Å². The van der Waals surface area contributed by atoms with Crippen LogP contribution in [-0.4, -0.2) is 96.7 Å². The maximum absolute atomic E-state index is 13.0. The average molecular weight is 1310 g/mol. The van der Waals surface area contributed by atoms with Crippen molar-refractivity contribution in [1.82, 2.24) is 0 Å². The molecule has 0 aliphatic carbocycles. The number of carbonyl (C=O) groups is 4. The number of hydrogen-bond donors (Lipinski definition) is 3. The topological polar surface area (TPSA) is 237 Å². The number of carbonyl (C=O) groups excluding carboxylic acids is 4. The van der Waals surface area contributed by atoms with Crippen molar-refractivity contribution in [2.45, 2.75) is 374 Å². The lowest BCUT2D eigenvalue weighted by atomic mass is 10.0. The highest BCUT2D eigenvalue weighted by molar-refractivity contribution is 7.47. The molecule has 89 heavy (non-hydrogen) atoms. The highest BCUT2D eigenvalue weighted by atomic mass is 31.2. The van der Waals surface area contributed by atoms with Crippen LogP contribution in [-0.2, 0) is 65.4 Å². The number of phosphoric ester groups is 2. The number of phosphoric acid groups is 2. The van der Waals surface area contributed by atoms with Crippen molar-refractivity contribution in [2.24, 2.45) is 11.8 Å². The van der Waals surface area contributed by atoms with Gasteiger partial charge in [0.05, 0.1) is 26.4 Å². The first-order valence-electron chi connectivity index (χ1n) is 36.5. The van der Waals surface area contributed by atoms with Gasteiger partial charge in [-0.3, -0.25) is 37.3 Å². The van der Waals surface area contributed by atoms with Crippen LogP contribution in [0.25, 0.3) is 0 Å². The second-order valence-corrected chi connectivity index (χ2v) is 29.1. The van der Waals surface area contributed by atoms with Crippen LogP contribution in [0, 0.1) is 11.8 Å². The molecule has 0 aliphatic heterocycles. The third kappa shape index (κ3) is 64.6. The summed E-state index contributed by atoms with van der Waals surface area (Å²) in [7, 11) is -9.90. The van der Waals surface area contributed by atoms with Crippen molar-refractivity contribution in [3.05, 3.63) is 0 Å². The molecule has 0 radical (unpaired) electrons. The van der Waals surface area contributed by atoms with Gasteiger partial charge in [0.2, 0.25) is 0 Å². The molecule has 528 valence electrons. The molecule has 3 N–H and O–H groups in total. The van der Waals surface area contributed by atoms with E-state index in [1.54, 1.807) is 0 Å². The van der Waals surface area contributed by atoms with Gasteiger partial charge in [-0.15, -0.1) is 0 Å². The third-order valence-corrected chi connectivity index (χ3v) is 18.1. The molecule has 0 aromatic heterocycles. The highest BCUT2D eigenvalue weighted by Crippen LogP contribution is 2.45. The van der Waals surface area contributed by atoms with Gasteiger partial charge in [0.25, 0.3) is 0 Å². The van der Waals surface area contributed by atoms with Crippen molar-refractivity contribution >= 4 is 39.5 Å². The van der Waals surface area contributed by atoms with Crippen molar-refractivity contribution in [3.8, 4) is 0 Å². The highest BCUT2D eigenvalue weighted by Gasteiger charge is 2.30. The Kier molecular flexibility index (Phi) is 60.8. The van der Waals surface area contributed by atoms with Crippen LogP contribution in [0.3, 0.4) is 0 Å². The largest absolute Gasteiger partial charge is 0.472 e. The summed E-state index contributed by atoms with van der Waals surface area (Å²) in [5.41, 5.74) is 0. The minimum absolute atomic E-state index is 0.103. The minimum Gasteiger partial charge on any atom is -0.462 e. The van der Waals surface area contributed by atoms with Crippen LogP contribution in [0.5, 0.6) is 0 Å². The van der Waals surface area contributed by atoms with E-state index in [0.717, 1.165) is 96.3 Å². The van der Waals surface area contributed by atoms with Gasteiger partial charge in [0.1, 0.15) is 19.3 Å². The molecule has 0 saturated heterocycles. The zero-order chi connectivity index (χ0) is 65.7. The number of ether oxygens (including phenoxy) is 4. The Morgan fingerprint density at radius 1 is 0.303 bits per heavy atom. The van der Waals surface area contributed by atoms with Crippen molar-refractivity contribution in [3.63, 3.8) is 0 Å². The number of hydrogen-bond acceptors (Lipinski definition) is 15. The van der Waals surface area contributed by atoms with Crippen LogP contribution >= 0.6 is 15.6 Å².